The summed E-state index contributed by atoms with van der Waals surface area (Å²) in [5.41, 5.74) is 7.38. The topological polar surface area (TPSA) is 9.23 Å². The zero-order valence-corrected chi connectivity index (χ0v) is 23.0. The van der Waals surface area contributed by atoms with Crippen molar-refractivity contribution in [2.75, 3.05) is 6.61 Å². The van der Waals surface area contributed by atoms with Crippen LogP contribution in [0, 0.1) is 17.3 Å². The SMILES string of the molecule is CCc1cc(-c2ccc(OCC(CC)(CC)CC)c(CC)c2)ccc1CCC1CCC(C)CC1. The first kappa shape index (κ1) is 26.8. The Hall–Kier alpha value is -1.76. The molecule has 1 heteroatoms. The largest absolute Gasteiger partial charge is 0.493 e. The van der Waals surface area contributed by atoms with Gasteiger partial charge in [-0.15, -0.1) is 0 Å². The monoisotopic (exact) mass is 462 g/mol. The van der Waals surface area contributed by atoms with E-state index in [1.54, 1.807) is 5.56 Å². The molecule has 0 atom stereocenters. The fourth-order valence-corrected chi connectivity index (χ4v) is 5.82. The van der Waals surface area contributed by atoms with Gasteiger partial charge in [0.05, 0.1) is 6.61 Å². The maximum Gasteiger partial charge on any atom is 0.122 e. The maximum absolute atomic E-state index is 6.42. The van der Waals surface area contributed by atoms with Crippen LogP contribution in [0.15, 0.2) is 36.4 Å². The average molecular weight is 463 g/mol. The highest BCUT2D eigenvalue weighted by molar-refractivity contribution is 5.67. The molecule has 0 heterocycles. The normalized spacial score (nSPS) is 18.8. The first-order valence-electron chi connectivity index (χ1n) is 14.3. The van der Waals surface area contributed by atoms with Crippen molar-refractivity contribution in [3.63, 3.8) is 0 Å². The number of hydrogen-bond donors (Lipinski definition) is 0. The summed E-state index contributed by atoms with van der Waals surface area (Å²) in [7, 11) is 0. The second-order valence-electron chi connectivity index (χ2n) is 11.0. The van der Waals surface area contributed by atoms with Crippen LogP contribution in [0.4, 0.5) is 0 Å². The summed E-state index contributed by atoms with van der Waals surface area (Å²) < 4.78 is 6.42. The number of ether oxygens (including phenoxy) is 1. The molecule has 34 heavy (non-hydrogen) atoms. The zero-order valence-electron chi connectivity index (χ0n) is 23.0. The van der Waals surface area contributed by atoms with Gasteiger partial charge in [0.25, 0.3) is 0 Å². The van der Waals surface area contributed by atoms with Crippen LogP contribution in [0.3, 0.4) is 0 Å². The second-order valence-corrected chi connectivity index (χ2v) is 11.0. The minimum atomic E-state index is 0.297. The summed E-state index contributed by atoms with van der Waals surface area (Å²) in [6, 6.07) is 14.0. The predicted octanol–water partition coefficient (Wildman–Crippen LogP) is 9.83. The van der Waals surface area contributed by atoms with E-state index in [9.17, 15) is 0 Å². The second kappa shape index (κ2) is 12.8. The van der Waals surface area contributed by atoms with Crippen molar-refractivity contribution < 1.29 is 4.74 Å². The Morgan fingerprint density at radius 3 is 1.91 bits per heavy atom. The molecule has 0 aromatic heterocycles. The molecule has 0 aliphatic heterocycles. The van der Waals surface area contributed by atoms with Crippen molar-refractivity contribution >= 4 is 0 Å². The fraction of sp³-hybridized carbons (Fsp3) is 0.636. The molecule has 188 valence electrons. The summed E-state index contributed by atoms with van der Waals surface area (Å²) in [6.07, 6.45) is 14.0. The van der Waals surface area contributed by atoms with Gasteiger partial charge in [-0.1, -0.05) is 91.5 Å². The minimum Gasteiger partial charge on any atom is -0.493 e. The van der Waals surface area contributed by atoms with Gasteiger partial charge in [0, 0.05) is 5.41 Å². The van der Waals surface area contributed by atoms with Gasteiger partial charge in [-0.05, 0) is 96.7 Å². The van der Waals surface area contributed by atoms with Crippen LogP contribution in [0.25, 0.3) is 11.1 Å². The fourth-order valence-electron chi connectivity index (χ4n) is 5.82. The van der Waals surface area contributed by atoms with Gasteiger partial charge >= 0.3 is 0 Å². The van der Waals surface area contributed by atoms with Crippen molar-refractivity contribution in [3.8, 4) is 16.9 Å². The molecule has 2 aromatic rings. The molecule has 0 N–H and O–H groups in total. The Morgan fingerprint density at radius 1 is 0.735 bits per heavy atom. The first-order valence-corrected chi connectivity index (χ1v) is 14.3. The number of rotatable bonds is 12. The molecule has 1 fully saturated rings. The van der Waals surface area contributed by atoms with Crippen LogP contribution in [0.2, 0.25) is 0 Å². The molecule has 0 amide bonds. The summed E-state index contributed by atoms with van der Waals surface area (Å²) in [5.74, 6) is 2.95. The van der Waals surface area contributed by atoms with Crippen molar-refractivity contribution in [3.05, 3.63) is 53.1 Å². The Morgan fingerprint density at radius 2 is 1.32 bits per heavy atom. The van der Waals surface area contributed by atoms with Crippen LogP contribution in [-0.2, 0) is 19.3 Å². The lowest BCUT2D eigenvalue weighted by Gasteiger charge is -2.30. The van der Waals surface area contributed by atoms with Gasteiger partial charge in [-0.3, -0.25) is 0 Å². The molecule has 0 unspecified atom stereocenters. The molecule has 0 spiro atoms. The zero-order chi connectivity index (χ0) is 24.6. The summed E-state index contributed by atoms with van der Waals surface area (Å²) in [4.78, 5) is 0. The van der Waals surface area contributed by atoms with Crippen LogP contribution >= 0.6 is 0 Å². The first-order chi connectivity index (χ1) is 16.5. The molecule has 0 radical (unpaired) electrons. The molecule has 1 aliphatic carbocycles. The molecule has 2 aromatic carbocycles. The number of aryl methyl sites for hydroxylation is 3. The van der Waals surface area contributed by atoms with E-state index in [0.717, 1.165) is 37.0 Å². The molecule has 3 rings (SSSR count). The minimum absolute atomic E-state index is 0.297. The van der Waals surface area contributed by atoms with E-state index in [-0.39, 0.29) is 0 Å². The highest BCUT2D eigenvalue weighted by Crippen LogP contribution is 2.35. The van der Waals surface area contributed by atoms with Crippen LogP contribution in [0.5, 0.6) is 5.75 Å². The van der Waals surface area contributed by atoms with E-state index in [1.165, 1.54) is 80.0 Å². The Bertz CT molecular complexity index is 875. The molecular formula is C33H50O. The highest BCUT2D eigenvalue weighted by atomic mass is 16.5. The molecule has 1 saturated carbocycles. The van der Waals surface area contributed by atoms with E-state index >= 15 is 0 Å². The highest BCUT2D eigenvalue weighted by Gasteiger charge is 2.25. The van der Waals surface area contributed by atoms with E-state index < -0.39 is 0 Å². The Labute approximate surface area is 210 Å². The van der Waals surface area contributed by atoms with Crippen molar-refractivity contribution in [2.45, 2.75) is 112 Å². The summed E-state index contributed by atoms with van der Waals surface area (Å²) >= 11 is 0. The smallest absolute Gasteiger partial charge is 0.122 e. The van der Waals surface area contributed by atoms with E-state index in [0.29, 0.717) is 5.41 Å². The van der Waals surface area contributed by atoms with Gasteiger partial charge in [0.2, 0.25) is 0 Å². The van der Waals surface area contributed by atoms with Crippen molar-refractivity contribution in [1.82, 2.24) is 0 Å². The lowest BCUT2D eigenvalue weighted by Crippen LogP contribution is -2.26. The standard InChI is InChI=1S/C33H50O/c1-7-27-22-30(19-18-29(27)17-16-26-14-12-25(6)13-15-26)31-20-21-32(28(8-2)23-31)34-24-33(9-3,10-4)11-5/h18-23,25-26H,7-17,24H2,1-6H3. The summed E-state index contributed by atoms with van der Waals surface area (Å²) in [5, 5.41) is 0. The lowest BCUT2D eigenvalue weighted by molar-refractivity contribution is 0.127. The lowest BCUT2D eigenvalue weighted by atomic mass is 9.80. The average Bonchev–Trinajstić information content (AvgIpc) is 2.89. The van der Waals surface area contributed by atoms with Crippen LogP contribution in [-0.4, -0.2) is 6.61 Å². The van der Waals surface area contributed by atoms with Gasteiger partial charge in [-0.2, -0.15) is 0 Å². The van der Waals surface area contributed by atoms with Crippen molar-refractivity contribution in [1.29, 1.82) is 0 Å². The maximum atomic E-state index is 6.42. The van der Waals surface area contributed by atoms with Gasteiger partial charge < -0.3 is 4.74 Å². The van der Waals surface area contributed by atoms with E-state index in [1.807, 2.05) is 0 Å². The summed E-state index contributed by atoms with van der Waals surface area (Å²) in [6.45, 7) is 14.7. The molecule has 0 bridgehead atoms. The molecular weight excluding hydrogens is 412 g/mol. The van der Waals surface area contributed by atoms with Crippen molar-refractivity contribution in [2.24, 2.45) is 17.3 Å². The van der Waals surface area contributed by atoms with Gasteiger partial charge in [-0.25, -0.2) is 0 Å². The van der Waals surface area contributed by atoms with Gasteiger partial charge in [0.15, 0.2) is 0 Å². The quantitative estimate of drug-likeness (QED) is 0.305. The third-order valence-corrected chi connectivity index (χ3v) is 9.10. The number of hydrogen-bond acceptors (Lipinski definition) is 1. The molecule has 1 nitrogen and oxygen atoms in total. The number of benzene rings is 2. The Kier molecular flexibility index (Phi) is 10.1. The van der Waals surface area contributed by atoms with Crippen LogP contribution < -0.4 is 4.74 Å². The van der Waals surface area contributed by atoms with Crippen LogP contribution in [0.1, 0.15) is 110 Å². The molecule has 1 aliphatic rings. The van der Waals surface area contributed by atoms with E-state index in [2.05, 4.69) is 77.9 Å². The third kappa shape index (κ3) is 6.67. The van der Waals surface area contributed by atoms with Gasteiger partial charge in [0.1, 0.15) is 5.75 Å². The third-order valence-electron chi connectivity index (χ3n) is 9.10. The Balaban J connectivity index is 1.72. The predicted molar refractivity (Wildman–Crippen MR) is 149 cm³/mol. The van der Waals surface area contributed by atoms with E-state index in [4.69, 9.17) is 4.74 Å². The molecule has 0 saturated heterocycles.